The van der Waals surface area contributed by atoms with E-state index in [4.69, 9.17) is 9.68 Å². The molecule has 1 aromatic rings. The maximum atomic E-state index is 8.58. The van der Waals surface area contributed by atoms with Crippen molar-refractivity contribution in [1.29, 1.82) is 5.26 Å². The summed E-state index contributed by atoms with van der Waals surface area (Å²) in [7, 11) is 4.08. The topological polar surface area (TPSA) is 52.2 Å². The number of rotatable bonds is 5. The molecule has 0 saturated carbocycles. The van der Waals surface area contributed by atoms with Gasteiger partial charge in [-0.25, -0.2) is 0 Å². The van der Waals surface area contributed by atoms with Crippen LogP contribution in [0.2, 0.25) is 0 Å². The van der Waals surface area contributed by atoms with Gasteiger partial charge < -0.3 is 14.6 Å². The van der Waals surface area contributed by atoms with Crippen LogP contribution in [0, 0.1) is 11.3 Å². The second-order valence-corrected chi connectivity index (χ2v) is 3.92. The Labute approximate surface area is 90.5 Å². The lowest BCUT2D eigenvalue weighted by molar-refractivity contribution is 0.340. The third-order valence-corrected chi connectivity index (χ3v) is 2.04. The van der Waals surface area contributed by atoms with Crippen molar-refractivity contribution in [2.75, 3.05) is 20.6 Å². The summed E-state index contributed by atoms with van der Waals surface area (Å²) in [6, 6.07) is 5.88. The summed E-state index contributed by atoms with van der Waals surface area (Å²) in [6.07, 6.45) is 0. The van der Waals surface area contributed by atoms with E-state index in [2.05, 4.69) is 17.1 Å². The van der Waals surface area contributed by atoms with E-state index in [0.29, 0.717) is 18.3 Å². The zero-order chi connectivity index (χ0) is 11.3. The maximum Gasteiger partial charge on any atom is 0.203 e. The number of nitrogens with one attached hydrogen (secondary N) is 1. The van der Waals surface area contributed by atoms with Gasteiger partial charge in [0, 0.05) is 12.6 Å². The number of likely N-dealkylation sites (N-methyl/N-ethyl adjacent to an activating group) is 1. The molecule has 1 aromatic heterocycles. The van der Waals surface area contributed by atoms with Gasteiger partial charge in [-0.1, -0.05) is 0 Å². The Kier molecular flexibility index (Phi) is 4.35. The predicted octanol–water partition coefficient (Wildman–Crippen LogP) is 1.19. The van der Waals surface area contributed by atoms with Crippen molar-refractivity contribution in [2.24, 2.45) is 0 Å². The van der Waals surface area contributed by atoms with E-state index >= 15 is 0 Å². The van der Waals surface area contributed by atoms with Crippen molar-refractivity contribution in [3.05, 3.63) is 23.7 Å². The number of hydrogen-bond donors (Lipinski definition) is 1. The Bertz CT molecular complexity index is 338. The lowest BCUT2D eigenvalue weighted by atomic mass is 10.3. The maximum absolute atomic E-state index is 8.58. The molecule has 0 aliphatic heterocycles. The van der Waals surface area contributed by atoms with Crippen LogP contribution < -0.4 is 5.32 Å². The van der Waals surface area contributed by atoms with Crippen molar-refractivity contribution in [1.82, 2.24) is 10.2 Å². The predicted molar refractivity (Wildman–Crippen MR) is 58.3 cm³/mol. The van der Waals surface area contributed by atoms with Crippen molar-refractivity contribution in [2.45, 2.75) is 19.5 Å². The second kappa shape index (κ2) is 5.54. The van der Waals surface area contributed by atoms with Gasteiger partial charge >= 0.3 is 0 Å². The molecule has 0 saturated heterocycles. The van der Waals surface area contributed by atoms with E-state index < -0.39 is 0 Å². The lowest BCUT2D eigenvalue weighted by Crippen LogP contribution is -2.35. The van der Waals surface area contributed by atoms with Gasteiger partial charge in [0.2, 0.25) is 5.76 Å². The Balaban J connectivity index is 2.34. The Morgan fingerprint density at radius 3 is 2.80 bits per heavy atom. The zero-order valence-electron chi connectivity index (χ0n) is 9.45. The molecular weight excluding hydrogens is 190 g/mol. The highest BCUT2D eigenvalue weighted by Gasteiger charge is 2.05. The van der Waals surface area contributed by atoms with Crippen molar-refractivity contribution in [3.63, 3.8) is 0 Å². The Morgan fingerprint density at radius 1 is 1.53 bits per heavy atom. The molecule has 0 bridgehead atoms. The van der Waals surface area contributed by atoms with Crippen LogP contribution in [0.15, 0.2) is 16.5 Å². The molecule has 0 fully saturated rings. The fraction of sp³-hybridized carbons (Fsp3) is 0.545. The number of nitriles is 1. The number of furan rings is 1. The molecule has 4 nitrogen and oxygen atoms in total. The van der Waals surface area contributed by atoms with E-state index in [1.165, 1.54) is 0 Å². The van der Waals surface area contributed by atoms with Gasteiger partial charge in [-0.15, -0.1) is 0 Å². The number of nitrogens with zero attached hydrogens (tertiary/aromatic N) is 2. The highest BCUT2D eigenvalue weighted by atomic mass is 16.3. The third kappa shape index (κ3) is 4.15. The average Bonchev–Trinajstić information content (AvgIpc) is 2.61. The van der Waals surface area contributed by atoms with Gasteiger partial charge in [0.25, 0.3) is 0 Å². The first-order chi connectivity index (χ1) is 7.11. The molecule has 1 unspecified atom stereocenters. The molecule has 0 aromatic carbocycles. The monoisotopic (exact) mass is 207 g/mol. The molecule has 1 heterocycles. The van der Waals surface area contributed by atoms with Crippen LogP contribution in [0.25, 0.3) is 0 Å². The summed E-state index contributed by atoms with van der Waals surface area (Å²) < 4.78 is 5.25. The first-order valence-electron chi connectivity index (χ1n) is 4.98. The molecule has 1 atom stereocenters. The molecule has 1 N–H and O–H groups in total. The summed E-state index contributed by atoms with van der Waals surface area (Å²) in [5.74, 6) is 1.17. The molecule has 4 heteroatoms. The highest BCUT2D eigenvalue weighted by molar-refractivity contribution is 5.18. The Hall–Kier alpha value is -1.31. The molecule has 0 spiro atoms. The van der Waals surface area contributed by atoms with E-state index in [9.17, 15) is 0 Å². The minimum absolute atomic E-state index is 0.368. The number of hydrogen-bond acceptors (Lipinski definition) is 4. The van der Waals surface area contributed by atoms with Crippen LogP contribution in [0.3, 0.4) is 0 Å². The SMILES string of the molecule is CC(CN(C)C)NCc1ccc(C#N)o1. The van der Waals surface area contributed by atoms with Gasteiger partial charge in [0.15, 0.2) is 0 Å². The third-order valence-electron chi connectivity index (χ3n) is 2.04. The molecular formula is C11H17N3O. The standard InChI is InChI=1S/C11H17N3O/c1-9(8-14(2)3)13-7-11-5-4-10(6-12)15-11/h4-5,9,13H,7-8H2,1-3H3. The molecule has 1 rings (SSSR count). The molecule has 0 aliphatic rings. The highest BCUT2D eigenvalue weighted by Crippen LogP contribution is 2.06. The van der Waals surface area contributed by atoms with Crippen LogP contribution in [-0.4, -0.2) is 31.6 Å². The van der Waals surface area contributed by atoms with Gasteiger partial charge in [0.05, 0.1) is 6.54 Å². The van der Waals surface area contributed by atoms with Crippen molar-refractivity contribution < 1.29 is 4.42 Å². The fourth-order valence-electron chi connectivity index (χ4n) is 1.42. The minimum Gasteiger partial charge on any atom is -0.449 e. The molecule has 0 aliphatic carbocycles. The van der Waals surface area contributed by atoms with Crippen LogP contribution in [0.1, 0.15) is 18.4 Å². The summed E-state index contributed by atoms with van der Waals surface area (Å²) in [5.41, 5.74) is 0. The van der Waals surface area contributed by atoms with Crippen LogP contribution in [0.4, 0.5) is 0 Å². The van der Waals surface area contributed by atoms with Gasteiger partial charge in [0.1, 0.15) is 11.8 Å². The van der Waals surface area contributed by atoms with Gasteiger partial charge in [-0.2, -0.15) is 5.26 Å². The van der Waals surface area contributed by atoms with Crippen molar-refractivity contribution >= 4 is 0 Å². The fourth-order valence-corrected chi connectivity index (χ4v) is 1.42. The first kappa shape index (κ1) is 11.8. The molecule has 0 radical (unpaired) electrons. The summed E-state index contributed by atoms with van der Waals surface area (Å²) >= 11 is 0. The molecule has 15 heavy (non-hydrogen) atoms. The Morgan fingerprint density at radius 2 is 2.27 bits per heavy atom. The normalized spacial score (nSPS) is 12.7. The smallest absolute Gasteiger partial charge is 0.203 e. The average molecular weight is 207 g/mol. The second-order valence-electron chi connectivity index (χ2n) is 3.92. The summed E-state index contributed by atoms with van der Waals surface area (Å²) in [5, 5.41) is 11.9. The van der Waals surface area contributed by atoms with E-state index in [1.807, 2.05) is 26.2 Å². The van der Waals surface area contributed by atoms with E-state index in [-0.39, 0.29) is 0 Å². The zero-order valence-corrected chi connectivity index (χ0v) is 9.45. The quantitative estimate of drug-likeness (QED) is 0.788. The van der Waals surface area contributed by atoms with Crippen molar-refractivity contribution in [3.8, 4) is 6.07 Å². The van der Waals surface area contributed by atoms with Gasteiger partial charge in [-0.05, 0) is 33.2 Å². The molecule has 82 valence electrons. The van der Waals surface area contributed by atoms with Gasteiger partial charge in [-0.3, -0.25) is 0 Å². The first-order valence-corrected chi connectivity index (χ1v) is 4.98. The minimum atomic E-state index is 0.368. The van der Waals surface area contributed by atoms with Crippen LogP contribution >= 0.6 is 0 Å². The van der Waals surface area contributed by atoms with E-state index in [0.717, 1.165) is 12.3 Å². The van der Waals surface area contributed by atoms with Crippen LogP contribution in [-0.2, 0) is 6.54 Å². The summed E-state index contributed by atoms with van der Waals surface area (Å²) in [4.78, 5) is 2.13. The van der Waals surface area contributed by atoms with E-state index in [1.54, 1.807) is 6.07 Å². The largest absolute Gasteiger partial charge is 0.449 e. The summed E-state index contributed by atoms with van der Waals surface area (Å²) in [6.45, 7) is 3.76. The van der Waals surface area contributed by atoms with Crippen LogP contribution in [0.5, 0.6) is 0 Å². The molecule has 0 amide bonds. The lowest BCUT2D eigenvalue weighted by Gasteiger charge is -2.17.